The Kier molecular flexibility index (Phi) is 5.03. The van der Waals surface area contributed by atoms with E-state index in [1.165, 1.54) is 12.1 Å². The zero-order chi connectivity index (χ0) is 15.1. The summed E-state index contributed by atoms with van der Waals surface area (Å²) >= 11 is 0. The summed E-state index contributed by atoms with van der Waals surface area (Å²) in [6.45, 7) is 1.72. The zero-order valence-corrected chi connectivity index (χ0v) is 10.4. The van der Waals surface area contributed by atoms with Crippen molar-refractivity contribution in [1.29, 1.82) is 15.8 Å². The third-order valence-corrected chi connectivity index (χ3v) is 2.14. The number of benzene rings is 1. The number of anilines is 1. The number of allylic oxidation sites excluding steroid dienone is 2. The summed E-state index contributed by atoms with van der Waals surface area (Å²) in [7, 11) is 0. The number of rotatable bonds is 4. The highest BCUT2D eigenvalue weighted by atomic mass is 19.1. The Morgan fingerprint density at radius 3 is 2.35 bits per heavy atom. The van der Waals surface area contributed by atoms with E-state index in [9.17, 15) is 8.78 Å². The molecule has 0 aliphatic rings. The van der Waals surface area contributed by atoms with Crippen molar-refractivity contribution in [3.63, 3.8) is 0 Å². The molecule has 0 radical (unpaired) electrons. The molecule has 0 bridgehead atoms. The summed E-state index contributed by atoms with van der Waals surface area (Å²) in [4.78, 5) is 0. The van der Waals surface area contributed by atoms with Gasteiger partial charge >= 0.3 is 0 Å². The van der Waals surface area contributed by atoms with E-state index in [4.69, 9.17) is 20.5 Å². The second-order valence-electron chi connectivity index (χ2n) is 3.41. The number of nitrogens with one attached hydrogen (secondary N) is 1. The second-order valence-corrected chi connectivity index (χ2v) is 3.41. The maximum Gasteiger partial charge on any atom is 0.178 e. The first kappa shape index (κ1) is 14.9. The van der Waals surface area contributed by atoms with Gasteiger partial charge in [0, 0.05) is 12.1 Å². The fourth-order valence-corrected chi connectivity index (χ4v) is 1.36. The largest absolute Gasteiger partial charge is 0.489 e. The molecule has 0 aliphatic heterocycles. The normalized spacial score (nSPS) is 8.80. The van der Waals surface area contributed by atoms with Crippen LogP contribution in [0.4, 0.5) is 14.5 Å². The lowest BCUT2D eigenvalue weighted by molar-refractivity contribution is 0.322. The molecule has 20 heavy (non-hydrogen) atoms. The van der Waals surface area contributed by atoms with Crippen LogP contribution < -0.4 is 10.1 Å². The lowest BCUT2D eigenvalue weighted by atomic mass is 10.2. The van der Waals surface area contributed by atoms with Crippen LogP contribution in [0.15, 0.2) is 23.4 Å². The van der Waals surface area contributed by atoms with Crippen LogP contribution in [0.3, 0.4) is 0 Å². The Labute approximate surface area is 113 Å². The number of hydrogen-bond acceptors (Lipinski definition) is 5. The highest BCUT2D eigenvalue weighted by molar-refractivity contribution is 5.65. The van der Waals surface area contributed by atoms with E-state index in [-0.39, 0.29) is 18.0 Å². The minimum absolute atomic E-state index is 0.117. The summed E-state index contributed by atoms with van der Waals surface area (Å²) in [6.07, 6.45) is 0. The molecule has 0 saturated carbocycles. The zero-order valence-electron chi connectivity index (χ0n) is 10.4. The van der Waals surface area contributed by atoms with Gasteiger partial charge in [-0.1, -0.05) is 0 Å². The summed E-state index contributed by atoms with van der Waals surface area (Å²) in [5.41, 5.74) is -1.09. The molecule has 0 saturated heterocycles. The molecule has 0 aliphatic carbocycles. The minimum atomic E-state index is -0.956. The SMILES string of the molecule is CCOc1c(F)cc(F)cc1NC(C#N)=C(C#N)C#N. The fraction of sp³-hybridized carbons (Fsp3) is 0.154. The highest BCUT2D eigenvalue weighted by Crippen LogP contribution is 2.30. The van der Waals surface area contributed by atoms with E-state index in [0.29, 0.717) is 6.07 Å². The lowest BCUT2D eigenvalue weighted by Crippen LogP contribution is -2.05. The van der Waals surface area contributed by atoms with Crippen molar-refractivity contribution in [2.24, 2.45) is 0 Å². The van der Waals surface area contributed by atoms with Crippen LogP contribution in [-0.2, 0) is 0 Å². The van der Waals surface area contributed by atoms with Gasteiger partial charge in [-0.3, -0.25) is 0 Å². The highest BCUT2D eigenvalue weighted by Gasteiger charge is 2.15. The summed E-state index contributed by atoms with van der Waals surface area (Å²) < 4.78 is 31.8. The lowest BCUT2D eigenvalue weighted by Gasteiger charge is -2.12. The number of ether oxygens (including phenoxy) is 1. The van der Waals surface area contributed by atoms with Gasteiger partial charge in [0.05, 0.1) is 12.3 Å². The first-order valence-corrected chi connectivity index (χ1v) is 5.40. The molecule has 1 aromatic rings. The first-order chi connectivity index (χ1) is 9.57. The molecule has 0 spiro atoms. The molecule has 1 rings (SSSR count). The van der Waals surface area contributed by atoms with Crippen molar-refractivity contribution in [2.45, 2.75) is 6.92 Å². The van der Waals surface area contributed by atoms with Crippen molar-refractivity contribution in [3.05, 3.63) is 35.0 Å². The number of nitrogens with zero attached hydrogens (tertiary/aromatic N) is 3. The predicted octanol–water partition coefficient (Wildman–Crippen LogP) is 2.60. The number of halogens is 2. The Bertz CT molecular complexity index is 661. The Balaban J connectivity index is 3.35. The van der Waals surface area contributed by atoms with E-state index >= 15 is 0 Å². The third-order valence-electron chi connectivity index (χ3n) is 2.14. The van der Waals surface area contributed by atoms with E-state index in [1.807, 2.05) is 0 Å². The van der Waals surface area contributed by atoms with Crippen LogP contribution >= 0.6 is 0 Å². The van der Waals surface area contributed by atoms with Crippen molar-refractivity contribution in [1.82, 2.24) is 0 Å². The van der Waals surface area contributed by atoms with Gasteiger partial charge in [0.25, 0.3) is 0 Å². The summed E-state index contributed by atoms with van der Waals surface area (Å²) in [5.74, 6) is -2.14. The topological polar surface area (TPSA) is 92.6 Å². The summed E-state index contributed by atoms with van der Waals surface area (Å²) in [6, 6.07) is 6.13. The Morgan fingerprint density at radius 1 is 1.20 bits per heavy atom. The standard InChI is InChI=1S/C13H8F2N4O/c1-2-20-13-10(15)3-9(14)4-11(13)19-12(7-18)8(5-16)6-17/h3-4,19H,2H2,1H3. The monoisotopic (exact) mass is 274 g/mol. The molecule has 0 unspecified atom stereocenters. The van der Waals surface area contributed by atoms with Crippen LogP contribution in [0.2, 0.25) is 0 Å². The third kappa shape index (κ3) is 3.22. The fourth-order valence-electron chi connectivity index (χ4n) is 1.36. The van der Waals surface area contributed by atoms with Crippen LogP contribution in [0.5, 0.6) is 5.75 Å². The predicted molar refractivity (Wildman–Crippen MR) is 65.0 cm³/mol. The van der Waals surface area contributed by atoms with Gasteiger partial charge in [0.15, 0.2) is 17.1 Å². The molecule has 0 amide bonds. The van der Waals surface area contributed by atoms with Crippen molar-refractivity contribution < 1.29 is 13.5 Å². The van der Waals surface area contributed by atoms with Crippen LogP contribution in [0.25, 0.3) is 0 Å². The molecule has 0 fully saturated rings. The molecule has 5 nitrogen and oxygen atoms in total. The molecule has 1 N–H and O–H groups in total. The minimum Gasteiger partial charge on any atom is -0.489 e. The van der Waals surface area contributed by atoms with Crippen LogP contribution in [-0.4, -0.2) is 6.61 Å². The van der Waals surface area contributed by atoms with E-state index in [2.05, 4.69) is 5.32 Å². The number of nitriles is 3. The molecule has 7 heteroatoms. The number of hydrogen-bond donors (Lipinski definition) is 1. The van der Waals surface area contributed by atoms with Crippen molar-refractivity contribution in [2.75, 3.05) is 11.9 Å². The van der Waals surface area contributed by atoms with Gasteiger partial charge in [-0.2, -0.15) is 15.8 Å². The molecule has 0 aromatic heterocycles. The van der Waals surface area contributed by atoms with Gasteiger partial charge in [-0.15, -0.1) is 0 Å². The molecular weight excluding hydrogens is 266 g/mol. The Morgan fingerprint density at radius 2 is 1.85 bits per heavy atom. The molecule has 0 heterocycles. The smallest absolute Gasteiger partial charge is 0.178 e. The molecule has 100 valence electrons. The maximum atomic E-state index is 13.6. The average molecular weight is 274 g/mol. The van der Waals surface area contributed by atoms with E-state index in [1.54, 1.807) is 13.0 Å². The van der Waals surface area contributed by atoms with Crippen LogP contribution in [0, 0.1) is 45.6 Å². The van der Waals surface area contributed by atoms with Gasteiger partial charge in [-0.05, 0) is 6.92 Å². The molecular formula is C13H8F2N4O. The van der Waals surface area contributed by atoms with E-state index < -0.39 is 22.9 Å². The van der Waals surface area contributed by atoms with Gasteiger partial charge < -0.3 is 10.1 Å². The van der Waals surface area contributed by atoms with Crippen LogP contribution in [0.1, 0.15) is 6.92 Å². The van der Waals surface area contributed by atoms with E-state index in [0.717, 1.165) is 6.07 Å². The molecule has 1 aromatic carbocycles. The second kappa shape index (κ2) is 6.72. The average Bonchev–Trinajstić information content (AvgIpc) is 2.42. The van der Waals surface area contributed by atoms with Crippen molar-refractivity contribution in [3.8, 4) is 24.0 Å². The molecule has 0 atom stereocenters. The van der Waals surface area contributed by atoms with Gasteiger partial charge in [-0.25, -0.2) is 8.78 Å². The Hall–Kier alpha value is -3.11. The van der Waals surface area contributed by atoms with Gasteiger partial charge in [0.1, 0.15) is 29.7 Å². The quantitative estimate of drug-likeness (QED) is 0.852. The van der Waals surface area contributed by atoms with Crippen molar-refractivity contribution >= 4 is 5.69 Å². The van der Waals surface area contributed by atoms with Gasteiger partial charge in [0.2, 0.25) is 0 Å². The summed E-state index contributed by atoms with van der Waals surface area (Å²) in [5, 5.41) is 28.6. The first-order valence-electron chi connectivity index (χ1n) is 5.40. The maximum absolute atomic E-state index is 13.6.